The van der Waals surface area contributed by atoms with E-state index in [1.807, 2.05) is 0 Å². The predicted molar refractivity (Wildman–Crippen MR) is 121 cm³/mol. The van der Waals surface area contributed by atoms with Crippen molar-refractivity contribution in [2.24, 2.45) is 17.4 Å². The van der Waals surface area contributed by atoms with E-state index < -0.39 is 89.2 Å². The molecule has 1 aliphatic carbocycles. The second-order valence-corrected chi connectivity index (χ2v) is 11.6. The van der Waals surface area contributed by atoms with Gasteiger partial charge < -0.3 is 36.1 Å². The van der Waals surface area contributed by atoms with Crippen molar-refractivity contribution in [1.29, 1.82) is 0 Å². The molecule has 0 spiro atoms. The lowest BCUT2D eigenvalue weighted by Crippen LogP contribution is -2.56. The topological polar surface area (TPSA) is 249 Å². The first kappa shape index (κ1) is 28.3. The minimum Gasteiger partial charge on any atom is -0.507 e. The average molecular weight is 534 g/mol. The lowest BCUT2D eigenvalue weighted by atomic mass is 9.78. The van der Waals surface area contributed by atoms with Crippen LogP contribution in [0, 0.1) is 5.92 Å². The summed E-state index contributed by atoms with van der Waals surface area (Å²) in [5.74, 6) is -6.17. The maximum absolute atomic E-state index is 12.9. The molecule has 0 unspecified atom stereocenters. The van der Waals surface area contributed by atoms with Crippen molar-refractivity contribution < 1.29 is 52.2 Å². The highest BCUT2D eigenvalue weighted by Crippen LogP contribution is 2.37. The number of carbonyl (C=O) groups is 4. The Kier molecular flexibility index (Phi) is 7.75. The van der Waals surface area contributed by atoms with Gasteiger partial charge in [0.05, 0.1) is 12.8 Å². The zero-order valence-electron chi connectivity index (χ0n) is 19.7. The van der Waals surface area contributed by atoms with E-state index in [0.29, 0.717) is 12.8 Å². The Labute approximate surface area is 207 Å². The largest absolute Gasteiger partial charge is 0.528 e. The summed E-state index contributed by atoms with van der Waals surface area (Å²) < 4.78 is 39.7. The fraction of sp³-hybridized carbons (Fsp3) is 0.789. The molecule has 0 aromatic carbocycles. The lowest BCUT2D eigenvalue weighted by Gasteiger charge is -2.26. The Morgan fingerprint density at radius 2 is 1.78 bits per heavy atom. The molecule has 36 heavy (non-hydrogen) atoms. The summed E-state index contributed by atoms with van der Waals surface area (Å²) in [5, 5.41) is 27.9. The first-order valence-corrected chi connectivity index (χ1v) is 12.9. The van der Waals surface area contributed by atoms with Crippen LogP contribution < -0.4 is 16.2 Å². The van der Waals surface area contributed by atoms with Crippen LogP contribution in [0.15, 0.2) is 0 Å². The molecule has 3 rings (SSSR count). The van der Waals surface area contributed by atoms with Crippen LogP contribution in [0.25, 0.3) is 0 Å². The van der Waals surface area contributed by atoms with E-state index in [0.717, 1.165) is 4.31 Å². The standard InChI is InChI=1S/C19H31BN4O11S/c1-11(17(21)4-5-17)23-36(32,33)24-9-12(19(22,10-24)15(29)30)3-2-6-20-34-16(31)18(35-20,7-13(25)26)8-14(27)28/h11-12,23H,2-10,21-22H2,1H3,(H,25,26)(H,27,28)(H,29,30)/t11-,12+,19+/m1/s1. The molecule has 2 heterocycles. The van der Waals surface area contributed by atoms with Crippen molar-refractivity contribution in [1.82, 2.24) is 9.03 Å². The predicted octanol–water partition coefficient (Wildman–Crippen LogP) is -2.06. The number of nitrogens with one attached hydrogen (secondary N) is 1. The molecule has 17 heteroatoms. The Hall–Kier alpha value is -2.31. The van der Waals surface area contributed by atoms with Crippen LogP contribution in [0.2, 0.25) is 6.32 Å². The smallest absolute Gasteiger partial charge is 0.507 e. The van der Waals surface area contributed by atoms with Crippen LogP contribution in [0.3, 0.4) is 0 Å². The molecule has 2 saturated heterocycles. The van der Waals surface area contributed by atoms with E-state index in [1.54, 1.807) is 6.92 Å². The number of aliphatic carboxylic acids is 3. The lowest BCUT2D eigenvalue weighted by molar-refractivity contribution is -0.157. The Balaban J connectivity index is 1.62. The van der Waals surface area contributed by atoms with Gasteiger partial charge in [0, 0.05) is 30.6 Å². The summed E-state index contributed by atoms with van der Waals surface area (Å²) in [7, 11) is -5.31. The molecule has 0 bridgehead atoms. The van der Waals surface area contributed by atoms with Crippen molar-refractivity contribution in [3.05, 3.63) is 0 Å². The van der Waals surface area contributed by atoms with E-state index in [-0.39, 0.29) is 25.7 Å². The molecule has 0 aromatic rings. The van der Waals surface area contributed by atoms with Crippen molar-refractivity contribution in [2.45, 2.75) is 74.5 Å². The zero-order valence-corrected chi connectivity index (χ0v) is 20.5. The van der Waals surface area contributed by atoms with Crippen LogP contribution in [-0.4, -0.2) is 94.8 Å². The highest BCUT2D eigenvalue weighted by atomic mass is 32.2. The maximum Gasteiger partial charge on any atom is 0.528 e. The zero-order chi connectivity index (χ0) is 27.1. The summed E-state index contributed by atoms with van der Waals surface area (Å²) in [5.41, 5.74) is 7.51. The highest BCUT2D eigenvalue weighted by Gasteiger charge is 2.56. The molecule has 8 N–H and O–H groups in total. The van der Waals surface area contributed by atoms with Gasteiger partial charge in [-0.1, -0.05) is 6.42 Å². The first-order valence-electron chi connectivity index (χ1n) is 11.4. The van der Waals surface area contributed by atoms with Gasteiger partial charge in [0.1, 0.15) is 5.54 Å². The molecular formula is C19H31BN4O11S. The van der Waals surface area contributed by atoms with Gasteiger partial charge in [-0.15, -0.1) is 0 Å². The molecule has 0 radical (unpaired) electrons. The molecule has 3 atom stereocenters. The molecule has 3 fully saturated rings. The molecule has 202 valence electrons. The van der Waals surface area contributed by atoms with Gasteiger partial charge in [0.15, 0.2) is 5.60 Å². The van der Waals surface area contributed by atoms with Crippen LogP contribution >= 0.6 is 0 Å². The van der Waals surface area contributed by atoms with Gasteiger partial charge in [0.25, 0.3) is 10.2 Å². The van der Waals surface area contributed by atoms with Gasteiger partial charge in [-0.3, -0.25) is 19.2 Å². The van der Waals surface area contributed by atoms with Crippen LogP contribution in [0.4, 0.5) is 0 Å². The van der Waals surface area contributed by atoms with Crippen molar-refractivity contribution in [3.63, 3.8) is 0 Å². The molecule has 2 aliphatic heterocycles. The summed E-state index contributed by atoms with van der Waals surface area (Å²) in [6.07, 6.45) is -0.166. The van der Waals surface area contributed by atoms with Crippen molar-refractivity contribution >= 4 is 41.2 Å². The number of hydrogen-bond acceptors (Lipinski definition) is 10. The third-order valence-electron chi connectivity index (χ3n) is 7.18. The van der Waals surface area contributed by atoms with E-state index in [4.69, 9.17) is 31.0 Å². The number of nitrogens with two attached hydrogens (primary N) is 2. The number of carbonyl (C=O) groups excluding carboxylic acids is 1. The first-order chi connectivity index (χ1) is 16.5. The third kappa shape index (κ3) is 5.81. The Morgan fingerprint density at radius 3 is 2.28 bits per heavy atom. The SMILES string of the molecule is C[C@@H](NS(=O)(=O)N1C[C@H](CCCB2OC(=O)C(CC(=O)O)(CC(=O)O)O2)[C@](N)(C(=O)O)C1)C1(N)CC1. The third-order valence-corrected chi connectivity index (χ3v) is 8.79. The van der Waals surface area contributed by atoms with Crippen molar-refractivity contribution in [2.75, 3.05) is 13.1 Å². The number of rotatable bonds is 13. The molecule has 0 amide bonds. The number of carboxylic acids is 3. The van der Waals surface area contributed by atoms with Gasteiger partial charge in [-0.05, 0) is 32.5 Å². The fourth-order valence-corrected chi connectivity index (χ4v) is 6.23. The minimum atomic E-state index is -4.07. The maximum atomic E-state index is 12.9. The van der Waals surface area contributed by atoms with Crippen LogP contribution in [-0.2, 0) is 38.7 Å². The molecular weight excluding hydrogens is 503 g/mol. The average Bonchev–Trinajstić information content (AvgIpc) is 3.29. The molecule has 0 aromatic heterocycles. The van der Waals surface area contributed by atoms with E-state index >= 15 is 0 Å². The highest BCUT2D eigenvalue weighted by molar-refractivity contribution is 7.87. The van der Waals surface area contributed by atoms with E-state index in [1.165, 1.54) is 0 Å². The van der Waals surface area contributed by atoms with Gasteiger partial charge in [-0.25, -0.2) is 0 Å². The fourth-order valence-electron chi connectivity index (χ4n) is 4.64. The van der Waals surface area contributed by atoms with Gasteiger partial charge in [0.2, 0.25) is 0 Å². The van der Waals surface area contributed by atoms with Gasteiger partial charge in [-0.2, -0.15) is 17.4 Å². The van der Waals surface area contributed by atoms with Crippen LogP contribution in [0.1, 0.15) is 45.4 Å². The minimum absolute atomic E-state index is 0.00332. The molecule has 15 nitrogen and oxygen atoms in total. The Bertz CT molecular complexity index is 1020. The molecule has 1 saturated carbocycles. The summed E-state index contributed by atoms with van der Waals surface area (Å²) in [6, 6.07) is -0.551. The molecule has 3 aliphatic rings. The summed E-state index contributed by atoms with van der Waals surface area (Å²) in [6.45, 7) is 1.01. The summed E-state index contributed by atoms with van der Waals surface area (Å²) >= 11 is 0. The van der Waals surface area contributed by atoms with Gasteiger partial charge >= 0.3 is 31.0 Å². The van der Waals surface area contributed by atoms with Crippen LogP contribution in [0.5, 0.6) is 0 Å². The number of carboxylic acid groups (broad SMARTS) is 3. The second kappa shape index (κ2) is 9.87. The Morgan fingerprint density at radius 1 is 1.19 bits per heavy atom. The van der Waals surface area contributed by atoms with E-state index in [2.05, 4.69) is 4.72 Å². The van der Waals surface area contributed by atoms with E-state index in [9.17, 15) is 32.7 Å². The number of hydrogen-bond donors (Lipinski definition) is 6. The quantitative estimate of drug-likeness (QED) is 0.139. The monoisotopic (exact) mass is 534 g/mol. The number of nitrogens with zero attached hydrogens (tertiary/aromatic N) is 1. The second-order valence-electron chi connectivity index (χ2n) is 9.93. The summed E-state index contributed by atoms with van der Waals surface area (Å²) in [4.78, 5) is 46.5. The normalized spacial score (nSPS) is 28.0. The van der Waals surface area contributed by atoms with Crippen molar-refractivity contribution in [3.8, 4) is 0 Å².